The molecule has 0 amide bonds. The molecular weight excluding hydrogens is 286 g/mol. The van der Waals surface area contributed by atoms with E-state index in [1.165, 1.54) is 5.56 Å². The van der Waals surface area contributed by atoms with Gasteiger partial charge in [-0.1, -0.05) is 37.3 Å². The van der Waals surface area contributed by atoms with E-state index in [4.69, 9.17) is 5.73 Å². The second kappa shape index (κ2) is 8.98. The number of hydrogen-bond donors (Lipinski definition) is 2. The fraction of sp³-hybridized carbons (Fsp3) is 0.444. The average molecular weight is 313 g/mol. The van der Waals surface area contributed by atoms with Crippen molar-refractivity contribution in [3.63, 3.8) is 0 Å². The van der Waals surface area contributed by atoms with Crippen LogP contribution in [0.2, 0.25) is 0 Å². The van der Waals surface area contributed by atoms with Gasteiger partial charge in [0.15, 0.2) is 5.96 Å². The number of nitrogens with two attached hydrogens (primary N) is 1. The molecule has 1 heterocycles. The minimum absolute atomic E-state index is 0.337. The first-order valence-electron chi connectivity index (χ1n) is 8.29. The first-order valence-corrected chi connectivity index (χ1v) is 8.29. The third-order valence-corrected chi connectivity index (χ3v) is 3.91. The summed E-state index contributed by atoms with van der Waals surface area (Å²) in [4.78, 5) is 8.77. The van der Waals surface area contributed by atoms with Gasteiger partial charge in [0.2, 0.25) is 0 Å². The van der Waals surface area contributed by atoms with Crippen LogP contribution in [0.5, 0.6) is 0 Å². The highest BCUT2D eigenvalue weighted by atomic mass is 15.1. The maximum Gasteiger partial charge on any atom is 0.189 e. The summed E-state index contributed by atoms with van der Waals surface area (Å²) in [5, 5.41) is 3.17. The summed E-state index contributed by atoms with van der Waals surface area (Å²) < 4.78 is 2.16. The van der Waals surface area contributed by atoms with Crippen molar-refractivity contribution in [3.05, 3.63) is 54.1 Å². The monoisotopic (exact) mass is 313 g/mol. The molecule has 5 nitrogen and oxygen atoms in total. The van der Waals surface area contributed by atoms with Crippen molar-refractivity contribution in [2.75, 3.05) is 0 Å². The summed E-state index contributed by atoms with van der Waals surface area (Å²) in [6.07, 6.45) is 7.00. The van der Waals surface area contributed by atoms with Crippen molar-refractivity contribution >= 4 is 5.96 Å². The summed E-state index contributed by atoms with van der Waals surface area (Å²) in [5.74, 6) is 1.44. The molecule has 0 saturated carbocycles. The lowest BCUT2D eigenvalue weighted by Gasteiger charge is -2.12. The van der Waals surface area contributed by atoms with Gasteiger partial charge in [0.05, 0.1) is 0 Å². The minimum Gasteiger partial charge on any atom is -0.370 e. The SMILES string of the molecule is CCC(C)NC(N)=NCc1nccn1CCCc1ccccc1. The Labute approximate surface area is 138 Å². The Balaban J connectivity index is 1.83. The number of aromatic nitrogens is 2. The van der Waals surface area contributed by atoms with Gasteiger partial charge >= 0.3 is 0 Å². The van der Waals surface area contributed by atoms with Gasteiger partial charge in [-0.15, -0.1) is 0 Å². The molecule has 124 valence electrons. The number of aliphatic imine (C=N–C) groups is 1. The molecule has 1 aromatic carbocycles. The van der Waals surface area contributed by atoms with E-state index < -0.39 is 0 Å². The summed E-state index contributed by atoms with van der Waals surface area (Å²) in [7, 11) is 0. The number of guanidine groups is 1. The van der Waals surface area contributed by atoms with Gasteiger partial charge in [-0.3, -0.25) is 0 Å². The van der Waals surface area contributed by atoms with Crippen LogP contribution in [0.25, 0.3) is 0 Å². The molecule has 0 bridgehead atoms. The molecule has 0 radical (unpaired) electrons. The Morgan fingerprint density at radius 1 is 1.35 bits per heavy atom. The molecule has 0 saturated heterocycles. The van der Waals surface area contributed by atoms with Crippen LogP contribution >= 0.6 is 0 Å². The molecule has 1 unspecified atom stereocenters. The van der Waals surface area contributed by atoms with Gasteiger partial charge in [-0.05, 0) is 31.7 Å². The third kappa shape index (κ3) is 5.77. The van der Waals surface area contributed by atoms with Gasteiger partial charge in [-0.25, -0.2) is 9.98 Å². The van der Waals surface area contributed by atoms with E-state index in [1.807, 2.05) is 18.5 Å². The van der Waals surface area contributed by atoms with Crippen LogP contribution in [0.15, 0.2) is 47.7 Å². The molecule has 0 aliphatic heterocycles. The number of imidazole rings is 1. The summed E-state index contributed by atoms with van der Waals surface area (Å²) in [5.41, 5.74) is 7.26. The Hall–Kier alpha value is -2.30. The predicted octanol–water partition coefficient (Wildman–Crippen LogP) is 2.72. The quantitative estimate of drug-likeness (QED) is 0.581. The van der Waals surface area contributed by atoms with Crippen molar-refractivity contribution < 1.29 is 0 Å². The molecule has 0 fully saturated rings. The highest BCUT2D eigenvalue weighted by Gasteiger charge is 2.04. The van der Waals surface area contributed by atoms with Gasteiger partial charge in [-0.2, -0.15) is 0 Å². The molecule has 1 aromatic heterocycles. The van der Waals surface area contributed by atoms with E-state index >= 15 is 0 Å². The van der Waals surface area contributed by atoms with Crippen LogP contribution < -0.4 is 11.1 Å². The van der Waals surface area contributed by atoms with E-state index in [-0.39, 0.29) is 0 Å². The zero-order chi connectivity index (χ0) is 16.5. The molecule has 1 atom stereocenters. The zero-order valence-corrected chi connectivity index (χ0v) is 14.1. The molecule has 2 aromatic rings. The highest BCUT2D eigenvalue weighted by Crippen LogP contribution is 2.06. The molecule has 23 heavy (non-hydrogen) atoms. The second-order valence-electron chi connectivity index (χ2n) is 5.78. The normalized spacial score (nSPS) is 13.0. The van der Waals surface area contributed by atoms with Crippen molar-refractivity contribution in [2.24, 2.45) is 10.7 Å². The lowest BCUT2D eigenvalue weighted by Crippen LogP contribution is -2.38. The van der Waals surface area contributed by atoms with Crippen LogP contribution in [0, 0.1) is 0 Å². The smallest absolute Gasteiger partial charge is 0.189 e. The summed E-state index contributed by atoms with van der Waals surface area (Å²) >= 11 is 0. The van der Waals surface area contributed by atoms with Crippen molar-refractivity contribution in [2.45, 2.75) is 52.2 Å². The fourth-order valence-corrected chi connectivity index (χ4v) is 2.35. The van der Waals surface area contributed by atoms with Gasteiger partial charge < -0.3 is 15.6 Å². The van der Waals surface area contributed by atoms with E-state index in [2.05, 4.69) is 58.0 Å². The van der Waals surface area contributed by atoms with E-state index in [1.54, 1.807) is 0 Å². The first-order chi connectivity index (χ1) is 11.2. The average Bonchev–Trinajstić information content (AvgIpc) is 3.01. The standard InChI is InChI=1S/C18H27N5/c1-3-15(2)22-18(19)21-14-17-20-11-13-23(17)12-7-10-16-8-5-4-6-9-16/h4-6,8-9,11,13,15H,3,7,10,12,14H2,1-2H3,(H3,19,21,22). The lowest BCUT2D eigenvalue weighted by molar-refractivity contribution is 0.607. The maximum atomic E-state index is 5.89. The molecular formula is C18H27N5. The number of nitrogens with zero attached hydrogens (tertiary/aromatic N) is 3. The van der Waals surface area contributed by atoms with E-state index in [9.17, 15) is 0 Å². The van der Waals surface area contributed by atoms with Crippen LogP contribution in [0.1, 0.15) is 38.1 Å². The summed E-state index contributed by atoms with van der Waals surface area (Å²) in [6, 6.07) is 10.9. The number of hydrogen-bond acceptors (Lipinski definition) is 2. The van der Waals surface area contributed by atoms with Crippen LogP contribution in [-0.2, 0) is 19.5 Å². The molecule has 5 heteroatoms. The largest absolute Gasteiger partial charge is 0.370 e. The van der Waals surface area contributed by atoms with E-state index in [0.717, 1.165) is 31.6 Å². The summed E-state index contributed by atoms with van der Waals surface area (Å²) in [6.45, 7) is 5.66. The molecule has 0 spiro atoms. The zero-order valence-electron chi connectivity index (χ0n) is 14.1. The molecule has 2 rings (SSSR count). The second-order valence-corrected chi connectivity index (χ2v) is 5.78. The number of benzene rings is 1. The van der Waals surface area contributed by atoms with Crippen LogP contribution in [-0.4, -0.2) is 21.6 Å². The molecule has 0 aliphatic rings. The van der Waals surface area contributed by atoms with Crippen molar-refractivity contribution in [3.8, 4) is 0 Å². The first kappa shape index (κ1) is 17.1. The molecule has 3 N–H and O–H groups in total. The Kier molecular flexibility index (Phi) is 6.66. The van der Waals surface area contributed by atoms with Crippen LogP contribution in [0.4, 0.5) is 0 Å². The number of rotatable bonds is 8. The Morgan fingerprint density at radius 3 is 2.87 bits per heavy atom. The fourth-order valence-electron chi connectivity index (χ4n) is 2.35. The Bertz CT molecular complexity index is 603. The number of aryl methyl sites for hydroxylation is 2. The molecule has 0 aliphatic carbocycles. The minimum atomic E-state index is 0.337. The highest BCUT2D eigenvalue weighted by molar-refractivity contribution is 5.78. The predicted molar refractivity (Wildman–Crippen MR) is 95.2 cm³/mol. The maximum absolute atomic E-state index is 5.89. The lowest BCUT2D eigenvalue weighted by atomic mass is 10.1. The third-order valence-electron chi connectivity index (χ3n) is 3.91. The topological polar surface area (TPSA) is 68.2 Å². The van der Waals surface area contributed by atoms with Crippen molar-refractivity contribution in [1.29, 1.82) is 0 Å². The van der Waals surface area contributed by atoms with Gasteiger partial charge in [0, 0.05) is 25.0 Å². The number of nitrogens with one attached hydrogen (secondary N) is 1. The van der Waals surface area contributed by atoms with Gasteiger partial charge in [0.25, 0.3) is 0 Å². The Morgan fingerprint density at radius 2 is 2.13 bits per heavy atom. The van der Waals surface area contributed by atoms with Crippen LogP contribution in [0.3, 0.4) is 0 Å². The van der Waals surface area contributed by atoms with Gasteiger partial charge in [0.1, 0.15) is 12.4 Å². The van der Waals surface area contributed by atoms with E-state index in [0.29, 0.717) is 18.5 Å². The van der Waals surface area contributed by atoms with Crippen molar-refractivity contribution in [1.82, 2.24) is 14.9 Å².